The molecule has 1 aromatic carbocycles. The summed E-state index contributed by atoms with van der Waals surface area (Å²) >= 11 is 0. The molecular weight excluding hydrogens is 270 g/mol. The average molecular weight is 291 g/mol. The van der Waals surface area contributed by atoms with Crippen LogP contribution in [0.5, 0.6) is 0 Å². The highest BCUT2D eigenvalue weighted by molar-refractivity contribution is 5.99. The van der Waals surface area contributed by atoms with E-state index in [2.05, 4.69) is 0 Å². The predicted octanol–water partition coefficient (Wildman–Crippen LogP) is 3.05. The van der Waals surface area contributed by atoms with Crippen LogP contribution in [0.2, 0.25) is 0 Å². The molecule has 1 amide bonds. The molecule has 1 atom stereocenters. The number of hydrogen-bond acceptors (Lipinski definition) is 3. The molecule has 5 heteroatoms. The Labute approximate surface area is 124 Å². The van der Waals surface area contributed by atoms with Crippen LogP contribution in [0.4, 0.5) is 10.5 Å². The fraction of sp³-hybridized carbons (Fsp3) is 0.500. The highest BCUT2D eigenvalue weighted by Gasteiger charge is 2.42. The van der Waals surface area contributed by atoms with Crippen molar-refractivity contribution < 1.29 is 19.4 Å². The second-order valence-corrected chi connectivity index (χ2v) is 6.44. The Balaban J connectivity index is 2.50. The van der Waals surface area contributed by atoms with Crippen molar-refractivity contribution >= 4 is 17.7 Å². The van der Waals surface area contributed by atoms with Gasteiger partial charge in [-0.1, -0.05) is 12.1 Å². The Kier molecular flexibility index (Phi) is 3.70. The van der Waals surface area contributed by atoms with Crippen molar-refractivity contribution in [3.05, 3.63) is 28.8 Å². The van der Waals surface area contributed by atoms with E-state index in [1.54, 1.807) is 20.8 Å². The summed E-state index contributed by atoms with van der Waals surface area (Å²) in [4.78, 5) is 25.2. The third kappa shape index (κ3) is 2.86. The van der Waals surface area contributed by atoms with Crippen LogP contribution in [0, 0.1) is 13.8 Å². The molecule has 0 radical (unpaired) electrons. The lowest BCUT2D eigenvalue weighted by molar-refractivity contribution is -0.138. The molecule has 0 saturated carbocycles. The van der Waals surface area contributed by atoms with Gasteiger partial charge in [0.05, 0.1) is 5.69 Å². The van der Waals surface area contributed by atoms with Gasteiger partial charge in [-0.05, 0) is 51.3 Å². The number of aryl methyl sites for hydroxylation is 2. The number of carbonyl (C=O) groups excluding carboxylic acids is 1. The molecule has 21 heavy (non-hydrogen) atoms. The number of carboxylic acids is 1. The number of nitrogens with zero attached hydrogens (tertiary/aromatic N) is 1. The van der Waals surface area contributed by atoms with Crippen LogP contribution in [0.1, 0.15) is 37.5 Å². The number of hydrogen-bond donors (Lipinski definition) is 1. The van der Waals surface area contributed by atoms with Gasteiger partial charge >= 0.3 is 12.1 Å². The minimum atomic E-state index is -1.02. The molecule has 0 unspecified atom stereocenters. The summed E-state index contributed by atoms with van der Waals surface area (Å²) in [7, 11) is 0. The first-order valence-corrected chi connectivity index (χ1v) is 6.96. The number of fused-ring (bicyclic) bond motifs is 1. The Morgan fingerprint density at radius 1 is 1.24 bits per heavy atom. The van der Waals surface area contributed by atoms with Crippen molar-refractivity contribution in [3.8, 4) is 0 Å². The van der Waals surface area contributed by atoms with Crippen LogP contribution in [-0.2, 0) is 16.0 Å². The average Bonchev–Trinajstić information content (AvgIpc) is 2.73. The zero-order chi connectivity index (χ0) is 15.9. The summed E-state index contributed by atoms with van der Waals surface area (Å²) in [6.45, 7) is 9.10. The topological polar surface area (TPSA) is 66.8 Å². The summed E-state index contributed by atoms with van der Waals surface area (Å²) in [5.41, 5.74) is 2.80. The maximum atomic E-state index is 12.4. The first-order chi connectivity index (χ1) is 9.61. The zero-order valence-corrected chi connectivity index (χ0v) is 13.1. The Bertz CT molecular complexity index is 601. The molecule has 0 fully saturated rings. The number of rotatable bonds is 1. The van der Waals surface area contributed by atoms with Crippen molar-refractivity contribution in [1.29, 1.82) is 0 Å². The fourth-order valence-corrected chi connectivity index (χ4v) is 2.62. The molecule has 1 aromatic rings. The van der Waals surface area contributed by atoms with Crippen LogP contribution < -0.4 is 4.90 Å². The molecule has 0 bridgehead atoms. The van der Waals surface area contributed by atoms with E-state index in [1.807, 2.05) is 26.0 Å². The van der Waals surface area contributed by atoms with Crippen molar-refractivity contribution in [2.75, 3.05) is 4.90 Å². The number of carboxylic acid groups (broad SMARTS) is 1. The maximum absolute atomic E-state index is 12.4. The highest BCUT2D eigenvalue weighted by Crippen LogP contribution is 2.38. The Morgan fingerprint density at radius 2 is 1.81 bits per heavy atom. The van der Waals surface area contributed by atoms with Gasteiger partial charge in [0.15, 0.2) is 0 Å². The van der Waals surface area contributed by atoms with Gasteiger partial charge in [-0.2, -0.15) is 0 Å². The summed E-state index contributed by atoms with van der Waals surface area (Å²) in [5.74, 6) is -1.02. The van der Waals surface area contributed by atoms with Crippen molar-refractivity contribution in [1.82, 2.24) is 0 Å². The van der Waals surface area contributed by atoms with Crippen LogP contribution in [0.25, 0.3) is 0 Å². The molecule has 2 rings (SSSR count). The van der Waals surface area contributed by atoms with Gasteiger partial charge in [0, 0.05) is 6.42 Å². The number of amides is 1. The van der Waals surface area contributed by atoms with Gasteiger partial charge in [0.25, 0.3) is 0 Å². The monoisotopic (exact) mass is 291 g/mol. The lowest BCUT2D eigenvalue weighted by Gasteiger charge is -2.28. The highest BCUT2D eigenvalue weighted by atomic mass is 16.6. The van der Waals surface area contributed by atoms with Crippen LogP contribution in [0.3, 0.4) is 0 Å². The maximum Gasteiger partial charge on any atom is 0.415 e. The van der Waals surface area contributed by atoms with E-state index < -0.39 is 23.7 Å². The van der Waals surface area contributed by atoms with Gasteiger partial charge in [0.1, 0.15) is 11.6 Å². The molecule has 1 N–H and O–H groups in total. The number of ether oxygens (including phenoxy) is 1. The molecular formula is C16H21NO4. The number of aliphatic carboxylic acids is 1. The van der Waals surface area contributed by atoms with Crippen molar-refractivity contribution in [3.63, 3.8) is 0 Å². The van der Waals surface area contributed by atoms with E-state index >= 15 is 0 Å². The largest absolute Gasteiger partial charge is 0.480 e. The zero-order valence-electron chi connectivity index (χ0n) is 13.1. The van der Waals surface area contributed by atoms with Crippen LogP contribution >= 0.6 is 0 Å². The molecule has 5 nitrogen and oxygen atoms in total. The van der Waals surface area contributed by atoms with E-state index in [1.165, 1.54) is 4.90 Å². The minimum absolute atomic E-state index is 0.317. The third-order valence-electron chi connectivity index (χ3n) is 3.54. The standard InChI is InChI=1S/C16H21NO4/c1-9-6-7-10(2)13-11(9)8-12(14(18)19)17(13)15(20)21-16(3,4)5/h6-7,12H,8H2,1-5H3,(H,18,19)/t12-/m0/s1. The molecule has 0 spiro atoms. The van der Waals surface area contributed by atoms with Gasteiger partial charge in [0.2, 0.25) is 0 Å². The van der Waals surface area contributed by atoms with Gasteiger partial charge in [-0.25, -0.2) is 9.59 Å². The lowest BCUT2D eigenvalue weighted by atomic mass is 10.0. The van der Waals surface area contributed by atoms with E-state index in [0.29, 0.717) is 12.1 Å². The number of anilines is 1. The quantitative estimate of drug-likeness (QED) is 0.863. The van der Waals surface area contributed by atoms with E-state index in [-0.39, 0.29) is 0 Å². The van der Waals surface area contributed by atoms with E-state index in [4.69, 9.17) is 4.74 Å². The van der Waals surface area contributed by atoms with Gasteiger partial charge in [-0.3, -0.25) is 4.90 Å². The second-order valence-electron chi connectivity index (χ2n) is 6.44. The first-order valence-electron chi connectivity index (χ1n) is 6.96. The summed E-state index contributed by atoms with van der Waals surface area (Å²) in [5, 5.41) is 9.44. The van der Waals surface area contributed by atoms with Gasteiger partial charge < -0.3 is 9.84 Å². The van der Waals surface area contributed by atoms with Crippen LogP contribution in [-0.4, -0.2) is 28.8 Å². The molecule has 1 heterocycles. The Hall–Kier alpha value is -2.04. The first kappa shape index (κ1) is 15.4. The van der Waals surface area contributed by atoms with Crippen molar-refractivity contribution in [2.45, 2.75) is 52.7 Å². The minimum Gasteiger partial charge on any atom is -0.480 e. The third-order valence-corrected chi connectivity index (χ3v) is 3.54. The smallest absolute Gasteiger partial charge is 0.415 e. The predicted molar refractivity (Wildman–Crippen MR) is 79.8 cm³/mol. The molecule has 1 aliphatic heterocycles. The van der Waals surface area contributed by atoms with E-state index in [0.717, 1.165) is 16.7 Å². The molecule has 0 aliphatic carbocycles. The van der Waals surface area contributed by atoms with Crippen molar-refractivity contribution in [2.24, 2.45) is 0 Å². The summed E-state index contributed by atoms with van der Waals surface area (Å²) in [6, 6.07) is 2.94. The summed E-state index contributed by atoms with van der Waals surface area (Å²) in [6.07, 6.45) is -0.292. The lowest BCUT2D eigenvalue weighted by Crippen LogP contribution is -2.45. The summed E-state index contributed by atoms with van der Waals surface area (Å²) < 4.78 is 5.38. The van der Waals surface area contributed by atoms with Crippen LogP contribution in [0.15, 0.2) is 12.1 Å². The fourth-order valence-electron chi connectivity index (χ4n) is 2.62. The second kappa shape index (κ2) is 5.06. The molecule has 0 saturated heterocycles. The SMILES string of the molecule is Cc1ccc(C)c2c1C[C@@H](C(=O)O)N2C(=O)OC(C)(C)C. The normalized spacial score (nSPS) is 17.6. The molecule has 1 aliphatic rings. The molecule has 114 valence electrons. The van der Waals surface area contributed by atoms with Gasteiger partial charge in [-0.15, -0.1) is 0 Å². The molecule has 0 aromatic heterocycles. The Morgan fingerprint density at radius 3 is 2.33 bits per heavy atom. The number of benzene rings is 1. The number of carbonyl (C=O) groups is 2. The van der Waals surface area contributed by atoms with E-state index in [9.17, 15) is 14.7 Å².